The SMILES string of the molecule is CN(Cc1ccoc1)C(=O)C1(C)COCC1N. The van der Waals surface area contributed by atoms with Gasteiger partial charge >= 0.3 is 0 Å². The van der Waals surface area contributed by atoms with E-state index in [1.165, 1.54) is 0 Å². The number of rotatable bonds is 3. The summed E-state index contributed by atoms with van der Waals surface area (Å²) in [5.74, 6) is 0.0173. The zero-order valence-corrected chi connectivity index (χ0v) is 10.2. The van der Waals surface area contributed by atoms with Crippen LogP contribution in [0.5, 0.6) is 0 Å². The molecule has 1 fully saturated rings. The minimum atomic E-state index is -0.613. The van der Waals surface area contributed by atoms with Gasteiger partial charge in [0.05, 0.1) is 31.2 Å². The van der Waals surface area contributed by atoms with Crippen LogP contribution in [0, 0.1) is 5.41 Å². The van der Waals surface area contributed by atoms with Crippen molar-refractivity contribution in [3.63, 3.8) is 0 Å². The first-order valence-corrected chi connectivity index (χ1v) is 5.64. The summed E-state index contributed by atoms with van der Waals surface area (Å²) in [6.07, 6.45) is 3.23. The van der Waals surface area contributed by atoms with Crippen molar-refractivity contribution in [2.45, 2.75) is 19.5 Å². The topological polar surface area (TPSA) is 68.7 Å². The van der Waals surface area contributed by atoms with Crippen LogP contribution in [-0.4, -0.2) is 37.1 Å². The van der Waals surface area contributed by atoms with Crippen molar-refractivity contribution in [3.05, 3.63) is 24.2 Å². The first kappa shape index (κ1) is 12.1. The van der Waals surface area contributed by atoms with Gasteiger partial charge in [0.2, 0.25) is 5.91 Å². The maximum atomic E-state index is 12.3. The van der Waals surface area contributed by atoms with Gasteiger partial charge in [0.1, 0.15) is 0 Å². The fourth-order valence-electron chi connectivity index (χ4n) is 2.07. The first-order chi connectivity index (χ1) is 8.04. The molecule has 1 amide bonds. The van der Waals surface area contributed by atoms with Crippen molar-refractivity contribution in [1.29, 1.82) is 0 Å². The molecule has 0 radical (unpaired) electrons. The maximum Gasteiger partial charge on any atom is 0.232 e. The molecule has 1 aromatic rings. The Hall–Kier alpha value is -1.33. The molecule has 94 valence electrons. The Balaban J connectivity index is 2.04. The number of ether oxygens (including phenoxy) is 1. The summed E-state index contributed by atoms with van der Waals surface area (Å²) in [6, 6.07) is 1.61. The highest BCUT2D eigenvalue weighted by Crippen LogP contribution is 2.29. The standard InChI is InChI=1S/C12H18N2O3/c1-12(8-17-7-10(12)13)11(15)14(2)5-9-3-4-16-6-9/h3-4,6,10H,5,7-8,13H2,1-2H3. The molecule has 0 aromatic carbocycles. The van der Waals surface area contributed by atoms with E-state index in [-0.39, 0.29) is 11.9 Å². The third kappa shape index (κ3) is 2.21. The molecule has 5 nitrogen and oxygen atoms in total. The molecule has 1 aliphatic rings. The number of carbonyl (C=O) groups is 1. The van der Waals surface area contributed by atoms with Crippen molar-refractivity contribution >= 4 is 5.91 Å². The molecule has 2 rings (SSSR count). The molecule has 2 unspecified atom stereocenters. The molecule has 0 saturated carbocycles. The number of nitrogens with zero attached hydrogens (tertiary/aromatic N) is 1. The molecule has 2 atom stereocenters. The van der Waals surface area contributed by atoms with E-state index < -0.39 is 5.41 Å². The van der Waals surface area contributed by atoms with Gasteiger partial charge in [-0.15, -0.1) is 0 Å². The van der Waals surface area contributed by atoms with E-state index in [1.807, 2.05) is 13.0 Å². The normalized spacial score (nSPS) is 28.3. The van der Waals surface area contributed by atoms with E-state index in [0.717, 1.165) is 5.56 Å². The van der Waals surface area contributed by atoms with Crippen LogP contribution in [0.1, 0.15) is 12.5 Å². The number of hydrogen-bond donors (Lipinski definition) is 1. The molecule has 0 spiro atoms. The average Bonchev–Trinajstić information content (AvgIpc) is 2.90. The van der Waals surface area contributed by atoms with Gasteiger partial charge in [-0.25, -0.2) is 0 Å². The van der Waals surface area contributed by atoms with E-state index in [2.05, 4.69) is 0 Å². The Bertz CT molecular complexity index is 390. The highest BCUT2D eigenvalue weighted by molar-refractivity contribution is 5.83. The maximum absolute atomic E-state index is 12.3. The lowest BCUT2D eigenvalue weighted by Gasteiger charge is -2.30. The lowest BCUT2D eigenvalue weighted by Crippen LogP contribution is -2.50. The Morgan fingerprint density at radius 1 is 1.71 bits per heavy atom. The molecular weight excluding hydrogens is 220 g/mol. The Morgan fingerprint density at radius 3 is 3.00 bits per heavy atom. The summed E-state index contributed by atoms with van der Waals surface area (Å²) in [7, 11) is 1.77. The van der Waals surface area contributed by atoms with Crippen molar-refractivity contribution < 1.29 is 13.9 Å². The summed E-state index contributed by atoms with van der Waals surface area (Å²) in [4.78, 5) is 14.0. The molecule has 5 heteroatoms. The van der Waals surface area contributed by atoms with Crippen LogP contribution in [0.25, 0.3) is 0 Å². The number of hydrogen-bond acceptors (Lipinski definition) is 4. The summed E-state index contributed by atoms with van der Waals surface area (Å²) in [5.41, 5.74) is 6.29. The fourth-order valence-corrected chi connectivity index (χ4v) is 2.07. The summed E-state index contributed by atoms with van der Waals surface area (Å²) < 4.78 is 10.3. The van der Waals surface area contributed by atoms with Gasteiger partial charge in [0.15, 0.2) is 0 Å². The van der Waals surface area contributed by atoms with Crippen LogP contribution in [0.15, 0.2) is 23.0 Å². The zero-order valence-electron chi connectivity index (χ0n) is 10.2. The fraction of sp³-hybridized carbons (Fsp3) is 0.583. The molecular formula is C12H18N2O3. The van der Waals surface area contributed by atoms with Gasteiger partial charge in [-0.05, 0) is 13.0 Å². The highest BCUT2D eigenvalue weighted by Gasteiger charge is 2.45. The second-order valence-electron chi connectivity index (χ2n) is 4.83. The predicted molar refractivity (Wildman–Crippen MR) is 62.1 cm³/mol. The van der Waals surface area contributed by atoms with Crippen LogP contribution >= 0.6 is 0 Å². The largest absolute Gasteiger partial charge is 0.472 e. The summed E-state index contributed by atoms with van der Waals surface area (Å²) >= 11 is 0. The smallest absolute Gasteiger partial charge is 0.232 e. The molecule has 0 bridgehead atoms. The molecule has 1 aliphatic heterocycles. The van der Waals surface area contributed by atoms with Crippen molar-refractivity contribution in [2.75, 3.05) is 20.3 Å². The van der Waals surface area contributed by atoms with Gasteiger partial charge in [0.25, 0.3) is 0 Å². The second kappa shape index (κ2) is 4.50. The Morgan fingerprint density at radius 2 is 2.47 bits per heavy atom. The number of furan rings is 1. The van der Waals surface area contributed by atoms with Gasteiger partial charge in [-0.2, -0.15) is 0 Å². The first-order valence-electron chi connectivity index (χ1n) is 5.64. The number of amides is 1. The van der Waals surface area contributed by atoms with E-state index in [1.54, 1.807) is 24.5 Å². The van der Waals surface area contributed by atoms with Gasteiger partial charge in [-0.1, -0.05) is 0 Å². The van der Waals surface area contributed by atoms with Crippen LogP contribution in [-0.2, 0) is 16.1 Å². The molecule has 1 saturated heterocycles. The van der Waals surface area contributed by atoms with E-state index in [9.17, 15) is 4.79 Å². The average molecular weight is 238 g/mol. The lowest BCUT2D eigenvalue weighted by molar-refractivity contribution is -0.140. The molecule has 17 heavy (non-hydrogen) atoms. The third-order valence-electron chi connectivity index (χ3n) is 3.35. The highest BCUT2D eigenvalue weighted by atomic mass is 16.5. The molecule has 2 heterocycles. The zero-order chi connectivity index (χ0) is 12.5. The minimum Gasteiger partial charge on any atom is -0.472 e. The van der Waals surface area contributed by atoms with Crippen molar-refractivity contribution in [1.82, 2.24) is 4.90 Å². The Labute approximate surface area is 101 Å². The molecule has 2 N–H and O–H groups in total. The number of nitrogens with two attached hydrogens (primary N) is 1. The third-order valence-corrected chi connectivity index (χ3v) is 3.35. The monoisotopic (exact) mass is 238 g/mol. The number of carbonyl (C=O) groups excluding carboxylic acids is 1. The van der Waals surface area contributed by atoms with Crippen LogP contribution in [0.2, 0.25) is 0 Å². The van der Waals surface area contributed by atoms with Gasteiger partial charge < -0.3 is 19.8 Å². The summed E-state index contributed by atoms with van der Waals surface area (Å²) in [6.45, 7) is 3.22. The quantitative estimate of drug-likeness (QED) is 0.837. The summed E-state index contributed by atoms with van der Waals surface area (Å²) in [5, 5.41) is 0. The van der Waals surface area contributed by atoms with Crippen LogP contribution in [0.3, 0.4) is 0 Å². The predicted octanol–water partition coefficient (Wildman–Crippen LogP) is 0.602. The Kier molecular flexibility index (Phi) is 3.22. The van der Waals surface area contributed by atoms with Crippen LogP contribution < -0.4 is 5.73 Å². The van der Waals surface area contributed by atoms with Gasteiger partial charge in [-0.3, -0.25) is 4.79 Å². The van der Waals surface area contributed by atoms with Crippen LogP contribution in [0.4, 0.5) is 0 Å². The van der Waals surface area contributed by atoms with Gasteiger partial charge in [0, 0.05) is 25.2 Å². The minimum absolute atomic E-state index is 0.0173. The molecule has 1 aromatic heterocycles. The van der Waals surface area contributed by atoms with Crippen molar-refractivity contribution in [2.24, 2.45) is 11.1 Å². The second-order valence-corrected chi connectivity index (χ2v) is 4.83. The van der Waals surface area contributed by atoms with E-state index in [0.29, 0.717) is 19.8 Å². The van der Waals surface area contributed by atoms with E-state index in [4.69, 9.17) is 14.9 Å². The lowest BCUT2D eigenvalue weighted by atomic mass is 9.84. The molecule has 0 aliphatic carbocycles. The van der Waals surface area contributed by atoms with E-state index >= 15 is 0 Å². The van der Waals surface area contributed by atoms with Crippen molar-refractivity contribution in [3.8, 4) is 0 Å².